The molecule has 2 amide bonds. The highest BCUT2D eigenvalue weighted by molar-refractivity contribution is 6.11. The van der Waals surface area contributed by atoms with Crippen molar-refractivity contribution in [1.82, 2.24) is 20.0 Å². The number of hydrogen-bond donors (Lipinski definition) is 0. The summed E-state index contributed by atoms with van der Waals surface area (Å²) in [5.41, 5.74) is 3.67. The van der Waals surface area contributed by atoms with Gasteiger partial charge in [-0.3, -0.25) is 14.5 Å². The zero-order valence-electron chi connectivity index (χ0n) is 18.7. The predicted octanol–water partition coefficient (Wildman–Crippen LogP) is 4.44. The van der Waals surface area contributed by atoms with Crippen LogP contribution in [0.1, 0.15) is 19.5 Å². The first kappa shape index (κ1) is 20.7. The number of anilines is 3. The van der Waals surface area contributed by atoms with Gasteiger partial charge in [-0.15, -0.1) is 10.2 Å². The molecule has 0 bridgehead atoms. The second-order valence-corrected chi connectivity index (χ2v) is 7.62. The summed E-state index contributed by atoms with van der Waals surface area (Å²) in [4.78, 5) is 17.2. The Morgan fingerprint density at radius 2 is 1.70 bits per heavy atom. The Labute approximate surface area is 191 Å². The van der Waals surface area contributed by atoms with E-state index in [2.05, 4.69) is 15.3 Å². The molecule has 2 aromatic heterocycles. The Kier molecular flexibility index (Phi) is 5.29. The average molecular weight is 444 g/mol. The maximum Gasteiger partial charge on any atom is 0.334 e. The maximum absolute atomic E-state index is 13.8. The lowest BCUT2D eigenvalue weighted by molar-refractivity contribution is 0.252. The number of urea groups is 1. The fourth-order valence-corrected chi connectivity index (χ4v) is 3.97. The summed E-state index contributed by atoms with van der Waals surface area (Å²) in [5.74, 6) is 1.12. The number of nitrogens with zero attached hydrogens (tertiary/aromatic N) is 6. The molecule has 33 heavy (non-hydrogen) atoms. The highest BCUT2D eigenvalue weighted by Gasteiger charge is 2.34. The molecular formula is C24H24N6O3. The minimum absolute atomic E-state index is 0.189. The van der Waals surface area contributed by atoms with Gasteiger partial charge in [0.2, 0.25) is 5.88 Å². The lowest BCUT2D eigenvalue weighted by atomic mass is 10.1. The van der Waals surface area contributed by atoms with Crippen LogP contribution in [0.15, 0.2) is 54.7 Å². The van der Waals surface area contributed by atoms with Crippen LogP contribution in [0.4, 0.5) is 21.9 Å². The molecule has 1 aliphatic rings. The van der Waals surface area contributed by atoms with Crippen LogP contribution in [-0.4, -0.2) is 39.2 Å². The molecule has 0 unspecified atom stereocenters. The zero-order chi connectivity index (χ0) is 22.9. The molecule has 3 heterocycles. The number of amides is 2. The maximum atomic E-state index is 13.8. The normalized spacial score (nSPS) is 13.4. The lowest BCUT2D eigenvalue weighted by Crippen LogP contribution is -2.45. The number of aryl methyl sites for hydroxylation is 1. The Bertz CT molecular complexity index is 1320. The summed E-state index contributed by atoms with van der Waals surface area (Å²) in [6.45, 7) is 5.15. The third-order valence-electron chi connectivity index (χ3n) is 5.41. The summed E-state index contributed by atoms with van der Waals surface area (Å²) in [5, 5.41) is 13.9. The van der Waals surface area contributed by atoms with Crippen molar-refractivity contribution >= 4 is 34.0 Å². The number of benzene rings is 2. The second-order valence-electron chi connectivity index (χ2n) is 7.62. The first-order valence-electron chi connectivity index (χ1n) is 10.8. The van der Waals surface area contributed by atoms with Crippen LogP contribution < -0.4 is 19.3 Å². The molecule has 0 aliphatic carbocycles. The molecule has 9 heteroatoms. The fraction of sp³-hybridized carbons (Fsp3) is 0.250. The van der Waals surface area contributed by atoms with Crippen molar-refractivity contribution in [3.63, 3.8) is 0 Å². The molecule has 0 atom stereocenters. The molecule has 0 radical (unpaired) electrons. The van der Waals surface area contributed by atoms with E-state index in [1.54, 1.807) is 20.5 Å². The molecule has 0 saturated heterocycles. The van der Waals surface area contributed by atoms with Crippen LogP contribution in [0.3, 0.4) is 0 Å². The van der Waals surface area contributed by atoms with E-state index in [9.17, 15) is 4.79 Å². The van der Waals surface area contributed by atoms with Gasteiger partial charge in [-0.2, -0.15) is 5.10 Å². The first-order valence-corrected chi connectivity index (χ1v) is 10.8. The van der Waals surface area contributed by atoms with Crippen molar-refractivity contribution in [2.24, 2.45) is 7.05 Å². The fourth-order valence-electron chi connectivity index (χ4n) is 3.97. The highest BCUT2D eigenvalue weighted by Crippen LogP contribution is 2.38. The molecule has 1 aliphatic heterocycles. The molecule has 0 fully saturated rings. The first-order chi connectivity index (χ1) is 16.1. The van der Waals surface area contributed by atoms with E-state index in [1.165, 1.54) is 0 Å². The Morgan fingerprint density at radius 1 is 0.939 bits per heavy atom. The molecule has 5 rings (SSSR count). The Hall–Kier alpha value is -4.14. The van der Waals surface area contributed by atoms with E-state index in [1.807, 2.05) is 69.6 Å². The van der Waals surface area contributed by atoms with E-state index < -0.39 is 0 Å². The van der Waals surface area contributed by atoms with Gasteiger partial charge in [-0.25, -0.2) is 4.79 Å². The van der Waals surface area contributed by atoms with Crippen molar-refractivity contribution < 1.29 is 14.3 Å². The molecule has 2 aromatic carbocycles. The number of rotatable bonds is 6. The monoisotopic (exact) mass is 444 g/mol. The number of ether oxygens (including phenoxy) is 2. The third-order valence-corrected chi connectivity index (χ3v) is 5.41. The average Bonchev–Trinajstić information content (AvgIpc) is 3.19. The molecule has 4 aromatic rings. The summed E-state index contributed by atoms with van der Waals surface area (Å²) >= 11 is 0. The van der Waals surface area contributed by atoms with Gasteiger partial charge in [-0.1, -0.05) is 0 Å². The quantitative estimate of drug-likeness (QED) is 0.437. The number of aromatic nitrogens is 4. The van der Waals surface area contributed by atoms with E-state index in [-0.39, 0.29) is 6.03 Å². The van der Waals surface area contributed by atoms with Crippen molar-refractivity contribution in [1.29, 1.82) is 0 Å². The zero-order valence-corrected chi connectivity index (χ0v) is 18.7. The summed E-state index contributed by atoms with van der Waals surface area (Å²) in [7, 11) is 1.88. The molecule has 0 N–H and O–H groups in total. The summed E-state index contributed by atoms with van der Waals surface area (Å²) < 4.78 is 12.9. The van der Waals surface area contributed by atoms with Crippen LogP contribution in [0, 0.1) is 0 Å². The lowest BCUT2D eigenvalue weighted by Gasteiger charge is -2.36. The van der Waals surface area contributed by atoms with Gasteiger partial charge in [-0.05, 0) is 56.3 Å². The van der Waals surface area contributed by atoms with Gasteiger partial charge < -0.3 is 9.47 Å². The Balaban J connectivity index is 1.60. The SMILES string of the molecule is CCOc1ccc(N2C(=O)N(c3ccc4nn(C)cc4c3)Cc3nnc(OCC)cc32)cc1. The Morgan fingerprint density at radius 3 is 2.45 bits per heavy atom. The third kappa shape index (κ3) is 3.82. The van der Waals surface area contributed by atoms with Crippen LogP contribution >= 0.6 is 0 Å². The van der Waals surface area contributed by atoms with Crippen LogP contribution in [0.2, 0.25) is 0 Å². The number of carbonyl (C=O) groups excluding carboxylic acids is 1. The van der Waals surface area contributed by atoms with E-state index >= 15 is 0 Å². The smallest absolute Gasteiger partial charge is 0.334 e. The second kappa shape index (κ2) is 8.42. The largest absolute Gasteiger partial charge is 0.494 e. The number of hydrogen-bond acceptors (Lipinski definition) is 6. The van der Waals surface area contributed by atoms with E-state index in [4.69, 9.17) is 9.47 Å². The van der Waals surface area contributed by atoms with E-state index in [0.29, 0.717) is 42.7 Å². The highest BCUT2D eigenvalue weighted by atomic mass is 16.5. The molecule has 168 valence electrons. The number of carbonyl (C=O) groups is 1. The predicted molar refractivity (Wildman–Crippen MR) is 125 cm³/mol. The van der Waals surface area contributed by atoms with Gasteiger partial charge in [0.1, 0.15) is 11.4 Å². The van der Waals surface area contributed by atoms with Crippen molar-refractivity contribution in [3.05, 3.63) is 60.4 Å². The standard InChI is InChI=1S/C24H24N6O3/c1-4-32-19-9-6-17(7-10-19)30-22-13-23(33-5-2)26-25-21(22)15-29(24(30)31)18-8-11-20-16(12-18)14-28(3)27-20/h6-14H,4-5,15H2,1-3H3. The minimum atomic E-state index is -0.189. The van der Waals surface area contributed by atoms with Gasteiger partial charge >= 0.3 is 6.03 Å². The van der Waals surface area contributed by atoms with Gasteiger partial charge in [0.25, 0.3) is 0 Å². The minimum Gasteiger partial charge on any atom is -0.494 e. The summed E-state index contributed by atoms with van der Waals surface area (Å²) in [6, 6.07) is 14.8. The van der Waals surface area contributed by atoms with E-state index in [0.717, 1.165) is 22.3 Å². The van der Waals surface area contributed by atoms with Crippen molar-refractivity contribution in [3.8, 4) is 11.6 Å². The van der Waals surface area contributed by atoms with Crippen molar-refractivity contribution in [2.75, 3.05) is 23.0 Å². The molecule has 0 spiro atoms. The van der Waals surface area contributed by atoms with Gasteiger partial charge in [0, 0.05) is 30.4 Å². The van der Waals surface area contributed by atoms with Crippen LogP contribution in [0.25, 0.3) is 10.9 Å². The van der Waals surface area contributed by atoms with Gasteiger partial charge in [0.15, 0.2) is 0 Å². The van der Waals surface area contributed by atoms with Crippen LogP contribution in [-0.2, 0) is 13.6 Å². The molecule has 0 saturated carbocycles. The van der Waals surface area contributed by atoms with Crippen LogP contribution in [0.5, 0.6) is 11.6 Å². The van der Waals surface area contributed by atoms with Gasteiger partial charge in [0.05, 0.1) is 36.6 Å². The number of fused-ring (bicyclic) bond motifs is 2. The van der Waals surface area contributed by atoms with Crippen molar-refractivity contribution in [2.45, 2.75) is 20.4 Å². The molecule has 9 nitrogen and oxygen atoms in total. The topological polar surface area (TPSA) is 85.6 Å². The molecular weight excluding hydrogens is 420 g/mol. The summed E-state index contributed by atoms with van der Waals surface area (Å²) in [6.07, 6.45) is 1.93.